The summed E-state index contributed by atoms with van der Waals surface area (Å²) >= 11 is 0. The van der Waals surface area contributed by atoms with Crippen LogP contribution in [0.2, 0.25) is 0 Å². The third kappa shape index (κ3) is 2.62. The van der Waals surface area contributed by atoms with Gasteiger partial charge in [0.1, 0.15) is 0 Å². The molecule has 4 aromatic rings. The van der Waals surface area contributed by atoms with E-state index in [0.717, 1.165) is 16.6 Å². The van der Waals surface area contributed by atoms with Gasteiger partial charge in [-0.3, -0.25) is 0 Å². The summed E-state index contributed by atoms with van der Waals surface area (Å²) in [5.41, 5.74) is 8.96. The largest absolute Gasteiger partial charge is 0.419 e. The highest BCUT2D eigenvalue weighted by Gasteiger charge is 2.15. The van der Waals surface area contributed by atoms with Crippen LogP contribution in [0.25, 0.3) is 22.6 Å². The monoisotopic (exact) mass is 303 g/mol. The molecule has 0 amide bonds. The lowest BCUT2D eigenvalue weighted by Gasteiger charge is -2.02. The Bertz CT molecular complexity index is 965. The van der Waals surface area contributed by atoms with Crippen molar-refractivity contribution in [2.24, 2.45) is 0 Å². The quantitative estimate of drug-likeness (QED) is 0.626. The van der Waals surface area contributed by atoms with Crippen LogP contribution in [-0.2, 0) is 6.42 Å². The van der Waals surface area contributed by atoms with Crippen LogP contribution in [0.5, 0.6) is 0 Å². The van der Waals surface area contributed by atoms with Crippen LogP contribution < -0.4 is 5.73 Å². The first-order valence-electron chi connectivity index (χ1n) is 7.18. The van der Waals surface area contributed by atoms with Crippen molar-refractivity contribution in [2.75, 3.05) is 5.73 Å². The van der Waals surface area contributed by atoms with E-state index in [2.05, 4.69) is 20.2 Å². The first kappa shape index (κ1) is 13.4. The molecule has 0 aliphatic heterocycles. The van der Waals surface area contributed by atoms with Crippen LogP contribution in [-0.4, -0.2) is 20.2 Å². The predicted octanol–water partition coefficient (Wildman–Crippen LogP) is 2.85. The Morgan fingerprint density at radius 2 is 1.52 bits per heavy atom. The molecule has 0 saturated carbocycles. The van der Waals surface area contributed by atoms with Crippen molar-refractivity contribution in [3.8, 4) is 11.6 Å². The summed E-state index contributed by atoms with van der Waals surface area (Å²) in [7, 11) is 0. The fraction of sp³-hybridized carbons (Fsp3) is 0.0588. The second kappa shape index (κ2) is 5.49. The van der Waals surface area contributed by atoms with Gasteiger partial charge in [-0.2, -0.15) is 0 Å². The number of benzene rings is 2. The number of anilines is 1. The third-order valence-corrected chi connectivity index (χ3v) is 3.47. The highest BCUT2D eigenvalue weighted by molar-refractivity contribution is 5.80. The van der Waals surface area contributed by atoms with Crippen molar-refractivity contribution >= 4 is 16.9 Å². The smallest absolute Gasteiger partial charge is 0.270 e. The molecule has 0 radical (unpaired) electrons. The average molecular weight is 303 g/mol. The van der Waals surface area contributed by atoms with E-state index in [0.29, 0.717) is 18.0 Å². The number of hydrogen-bond acceptors (Lipinski definition) is 6. The summed E-state index contributed by atoms with van der Waals surface area (Å²) in [5.74, 6) is 1.07. The molecule has 0 saturated heterocycles. The molecule has 2 heterocycles. The highest BCUT2D eigenvalue weighted by atomic mass is 16.4. The summed E-state index contributed by atoms with van der Waals surface area (Å²) in [6, 6.07) is 17.4. The summed E-state index contributed by atoms with van der Waals surface area (Å²) < 4.78 is 5.70. The topological polar surface area (TPSA) is 90.7 Å². The van der Waals surface area contributed by atoms with Gasteiger partial charge in [0.2, 0.25) is 5.89 Å². The number of fused-ring (bicyclic) bond motifs is 1. The number of aromatic nitrogens is 4. The molecule has 2 aromatic heterocycles. The molecule has 0 atom stereocenters. The molecule has 0 bridgehead atoms. The summed E-state index contributed by atoms with van der Waals surface area (Å²) in [6.45, 7) is 0. The Morgan fingerprint density at radius 1 is 0.826 bits per heavy atom. The summed E-state index contributed by atoms with van der Waals surface area (Å²) in [4.78, 5) is 8.81. The number of rotatable bonds is 3. The highest BCUT2D eigenvalue weighted by Crippen LogP contribution is 2.24. The summed E-state index contributed by atoms with van der Waals surface area (Å²) in [6.07, 6.45) is 0.564. The Balaban J connectivity index is 1.70. The standard InChI is InChI=1S/C17H13N5O/c18-16-15(19-12-8-4-5-9-13(12)20-16)17-22-21-14(23-17)10-11-6-2-1-3-7-11/h1-9H,10H2,(H2,18,20). The first-order valence-corrected chi connectivity index (χ1v) is 7.18. The van der Waals surface area contributed by atoms with E-state index in [1.807, 2.05) is 54.6 Å². The minimum absolute atomic E-state index is 0.276. The van der Waals surface area contributed by atoms with Gasteiger partial charge in [0.25, 0.3) is 5.89 Å². The first-order chi connectivity index (χ1) is 11.3. The van der Waals surface area contributed by atoms with E-state index in [-0.39, 0.29) is 11.7 Å². The van der Waals surface area contributed by atoms with Crippen LogP contribution in [0, 0.1) is 0 Å². The lowest BCUT2D eigenvalue weighted by Crippen LogP contribution is -1.98. The van der Waals surface area contributed by atoms with Crippen LogP contribution in [0.1, 0.15) is 11.5 Å². The van der Waals surface area contributed by atoms with Crippen LogP contribution in [0.3, 0.4) is 0 Å². The van der Waals surface area contributed by atoms with Crippen molar-refractivity contribution in [2.45, 2.75) is 6.42 Å². The minimum Gasteiger partial charge on any atom is -0.419 e. The van der Waals surface area contributed by atoms with Gasteiger partial charge in [0, 0.05) is 0 Å². The molecule has 6 heteroatoms. The second-order valence-electron chi connectivity index (χ2n) is 5.11. The number of nitrogens with two attached hydrogens (primary N) is 1. The average Bonchev–Trinajstić information content (AvgIpc) is 3.03. The van der Waals surface area contributed by atoms with Crippen molar-refractivity contribution in [1.82, 2.24) is 20.2 Å². The van der Waals surface area contributed by atoms with Crippen LogP contribution >= 0.6 is 0 Å². The minimum atomic E-state index is 0.276. The van der Waals surface area contributed by atoms with E-state index in [1.165, 1.54) is 0 Å². The van der Waals surface area contributed by atoms with Gasteiger partial charge in [-0.05, 0) is 17.7 Å². The van der Waals surface area contributed by atoms with Crippen molar-refractivity contribution in [3.63, 3.8) is 0 Å². The summed E-state index contributed by atoms with van der Waals surface area (Å²) in [5, 5.41) is 8.12. The van der Waals surface area contributed by atoms with E-state index in [1.54, 1.807) is 0 Å². The molecular weight excluding hydrogens is 290 g/mol. The van der Waals surface area contributed by atoms with Gasteiger partial charge >= 0.3 is 0 Å². The van der Waals surface area contributed by atoms with E-state index < -0.39 is 0 Å². The maximum absolute atomic E-state index is 5.98. The van der Waals surface area contributed by atoms with Gasteiger partial charge in [0.15, 0.2) is 11.5 Å². The molecule has 0 aliphatic carbocycles. The van der Waals surface area contributed by atoms with Gasteiger partial charge in [-0.15, -0.1) is 10.2 Å². The number of para-hydroxylation sites is 2. The van der Waals surface area contributed by atoms with Crippen molar-refractivity contribution in [1.29, 1.82) is 0 Å². The van der Waals surface area contributed by atoms with Gasteiger partial charge in [0.05, 0.1) is 17.5 Å². The SMILES string of the molecule is Nc1nc2ccccc2nc1-c1nnc(Cc2ccccc2)o1. The Morgan fingerprint density at radius 3 is 2.30 bits per heavy atom. The molecule has 6 nitrogen and oxygen atoms in total. The fourth-order valence-corrected chi connectivity index (χ4v) is 2.36. The molecule has 0 spiro atoms. The third-order valence-electron chi connectivity index (χ3n) is 3.47. The van der Waals surface area contributed by atoms with E-state index in [9.17, 15) is 0 Å². The lowest BCUT2D eigenvalue weighted by atomic mass is 10.2. The molecular formula is C17H13N5O. The van der Waals surface area contributed by atoms with E-state index in [4.69, 9.17) is 10.2 Å². The molecule has 0 aliphatic rings. The van der Waals surface area contributed by atoms with E-state index >= 15 is 0 Å². The number of nitrogens with zero attached hydrogens (tertiary/aromatic N) is 4. The maximum atomic E-state index is 5.98. The van der Waals surface area contributed by atoms with Crippen LogP contribution in [0.4, 0.5) is 5.82 Å². The zero-order chi connectivity index (χ0) is 15.6. The molecule has 0 fully saturated rings. The lowest BCUT2D eigenvalue weighted by molar-refractivity contribution is 0.516. The Labute approximate surface area is 132 Å². The molecule has 23 heavy (non-hydrogen) atoms. The normalized spacial score (nSPS) is 11.0. The molecule has 112 valence electrons. The zero-order valence-electron chi connectivity index (χ0n) is 12.2. The van der Waals surface area contributed by atoms with Crippen molar-refractivity contribution < 1.29 is 4.42 Å². The van der Waals surface area contributed by atoms with Crippen LogP contribution in [0.15, 0.2) is 59.0 Å². The van der Waals surface area contributed by atoms with Gasteiger partial charge in [-0.1, -0.05) is 42.5 Å². The second-order valence-corrected chi connectivity index (χ2v) is 5.11. The predicted molar refractivity (Wildman–Crippen MR) is 86.5 cm³/mol. The maximum Gasteiger partial charge on any atom is 0.270 e. The molecule has 0 unspecified atom stereocenters. The molecule has 4 rings (SSSR count). The molecule has 2 N–H and O–H groups in total. The Kier molecular flexibility index (Phi) is 3.20. The van der Waals surface area contributed by atoms with Gasteiger partial charge < -0.3 is 10.2 Å². The van der Waals surface area contributed by atoms with Crippen molar-refractivity contribution in [3.05, 3.63) is 66.1 Å². The molecule has 2 aromatic carbocycles. The Hall–Kier alpha value is -3.28. The van der Waals surface area contributed by atoms with Gasteiger partial charge in [-0.25, -0.2) is 9.97 Å². The fourth-order valence-electron chi connectivity index (χ4n) is 2.36. The number of nitrogen functional groups attached to an aromatic ring is 1. The number of hydrogen-bond donors (Lipinski definition) is 1. The zero-order valence-corrected chi connectivity index (χ0v) is 12.2.